The third-order valence-corrected chi connectivity index (χ3v) is 3.83. The highest BCUT2D eigenvalue weighted by Crippen LogP contribution is 2.21. The van der Waals surface area contributed by atoms with Gasteiger partial charge in [0.15, 0.2) is 5.82 Å². The fourth-order valence-corrected chi connectivity index (χ4v) is 2.51. The van der Waals surface area contributed by atoms with Gasteiger partial charge in [0, 0.05) is 25.9 Å². The van der Waals surface area contributed by atoms with Crippen LogP contribution in [0.3, 0.4) is 0 Å². The monoisotopic (exact) mass is 339 g/mol. The maximum Gasteiger partial charge on any atom is 0.259 e. The molecule has 0 aliphatic carbocycles. The van der Waals surface area contributed by atoms with Gasteiger partial charge in [-0.05, 0) is 37.6 Å². The van der Waals surface area contributed by atoms with Gasteiger partial charge in [0.25, 0.3) is 5.89 Å². The molecule has 3 aromatic rings. The number of aromatic nitrogens is 4. The van der Waals surface area contributed by atoms with Gasteiger partial charge < -0.3 is 14.6 Å². The first-order valence-electron chi connectivity index (χ1n) is 8.13. The van der Waals surface area contributed by atoms with Crippen LogP contribution in [0.25, 0.3) is 11.5 Å². The Kier molecular flexibility index (Phi) is 5.35. The van der Waals surface area contributed by atoms with E-state index in [4.69, 9.17) is 9.26 Å². The normalized spacial score (nSPS) is 12.1. The Labute approximate surface area is 146 Å². The smallest absolute Gasteiger partial charge is 0.259 e. The minimum atomic E-state index is 0.0589. The minimum Gasteiger partial charge on any atom is -0.384 e. The van der Waals surface area contributed by atoms with Crippen molar-refractivity contribution < 1.29 is 9.26 Å². The summed E-state index contributed by atoms with van der Waals surface area (Å²) in [5, 5.41) is 7.29. The van der Waals surface area contributed by atoms with Gasteiger partial charge in [-0.15, -0.1) is 0 Å². The van der Waals surface area contributed by atoms with E-state index >= 15 is 0 Å². The molecular formula is C18H21N5O2. The molecule has 0 aliphatic rings. The van der Waals surface area contributed by atoms with Crippen molar-refractivity contribution in [2.45, 2.75) is 26.3 Å². The van der Waals surface area contributed by atoms with Crippen molar-refractivity contribution in [1.29, 1.82) is 0 Å². The SMILES string of the molecule is COCCc1noc(-c2ccc(NC(C)c3ncccc3C)nc2)n1. The molecule has 130 valence electrons. The Morgan fingerprint density at radius 2 is 2.12 bits per heavy atom. The van der Waals surface area contributed by atoms with Crippen LogP contribution < -0.4 is 5.32 Å². The Bertz CT molecular complexity index is 816. The summed E-state index contributed by atoms with van der Waals surface area (Å²) in [4.78, 5) is 13.2. The van der Waals surface area contributed by atoms with Gasteiger partial charge in [-0.1, -0.05) is 11.2 Å². The zero-order valence-electron chi connectivity index (χ0n) is 14.6. The number of ether oxygens (including phenoxy) is 1. The average Bonchev–Trinajstić information content (AvgIpc) is 3.10. The van der Waals surface area contributed by atoms with Crippen LogP contribution in [0.4, 0.5) is 5.82 Å². The molecule has 0 saturated carbocycles. The number of methoxy groups -OCH3 is 1. The molecule has 3 aromatic heterocycles. The molecule has 0 aromatic carbocycles. The topological polar surface area (TPSA) is 86.0 Å². The molecule has 0 saturated heterocycles. The third-order valence-electron chi connectivity index (χ3n) is 3.83. The first-order chi connectivity index (χ1) is 12.2. The first-order valence-corrected chi connectivity index (χ1v) is 8.13. The zero-order chi connectivity index (χ0) is 17.6. The summed E-state index contributed by atoms with van der Waals surface area (Å²) < 4.78 is 10.3. The first kappa shape index (κ1) is 17.0. The molecule has 7 heteroatoms. The summed E-state index contributed by atoms with van der Waals surface area (Å²) >= 11 is 0. The number of pyridine rings is 2. The molecule has 25 heavy (non-hydrogen) atoms. The van der Waals surface area contributed by atoms with Crippen LogP contribution in [0, 0.1) is 6.92 Å². The van der Waals surface area contributed by atoms with E-state index in [1.807, 2.05) is 31.2 Å². The van der Waals surface area contributed by atoms with E-state index in [1.54, 1.807) is 19.5 Å². The van der Waals surface area contributed by atoms with E-state index in [0.717, 1.165) is 22.6 Å². The lowest BCUT2D eigenvalue weighted by atomic mass is 10.1. The Hall–Kier alpha value is -2.80. The lowest BCUT2D eigenvalue weighted by molar-refractivity contribution is 0.199. The van der Waals surface area contributed by atoms with Crippen LogP contribution in [-0.2, 0) is 11.2 Å². The maximum absolute atomic E-state index is 5.27. The van der Waals surface area contributed by atoms with Gasteiger partial charge in [0.05, 0.1) is 23.9 Å². The Morgan fingerprint density at radius 3 is 2.84 bits per heavy atom. The summed E-state index contributed by atoms with van der Waals surface area (Å²) in [6, 6.07) is 7.84. The zero-order valence-corrected chi connectivity index (χ0v) is 14.6. The number of nitrogens with zero attached hydrogens (tertiary/aromatic N) is 4. The van der Waals surface area contributed by atoms with Crippen molar-refractivity contribution in [3.8, 4) is 11.5 Å². The number of hydrogen-bond acceptors (Lipinski definition) is 7. The number of hydrogen-bond donors (Lipinski definition) is 1. The van der Waals surface area contributed by atoms with Gasteiger partial charge in [0.1, 0.15) is 5.82 Å². The fraction of sp³-hybridized carbons (Fsp3) is 0.333. The van der Waals surface area contributed by atoms with Crippen molar-refractivity contribution in [3.05, 3.63) is 53.7 Å². The molecule has 7 nitrogen and oxygen atoms in total. The highest BCUT2D eigenvalue weighted by molar-refractivity contribution is 5.54. The lowest BCUT2D eigenvalue weighted by Gasteiger charge is -2.15. The van der Waals surface area contributed by atoms with Crippen LogP contribution in [0.15, 0.2) is 41.2 Å². The fourth-order valence-electron chi connectivity index (χ4n) is 2.51. The van der Waals surface area contributed by atoms with Gasteiger partial charge in [-0.2, -0.15) is 4.98 Å². The molecule has 0 spiro atoms. The Morgan fingerprint density at radius 1 is 1.24 bits per heavy atom. The summed E-state index contributed by atoms with van der Waals surface area (Å²) in [6.45, 7) is 4.67. The van der Waals surface area contributed by atoms with Crippen molar-refractivity contribution in [3.63, 3.8) is 0 Å². The summed E-state index contributed by atoms with van der Waals surface area (Å²) in [7, 11) is 1.64. The molecule has 0 amide bonds. The number of rotatable bonds is 7. The standard InChI is InChI=1S/C18H21N5O2/c1-12-5-4-9-19-17(12)13(2)21-15-7-6-14(11-20-15)18-22-16(23-25-18)8-10-24-3/h4-7,9,11,13H,8,10H2,1-3H3,(H,20,21). The summed E-state index contributed by atoms with van der Waals surface area (Å²) in [5.74, 6) is 1.84. The molecule has 0 fully saturated rings. The van der Waals surface area contributed by atoms with E-state index in [9.17, 15) is 0 Å². The largest absolute Gasteiger partial charge is 0.384 e. The Balaban J connectivity index is 1.68. The van der Waals surface area contributed by atoms with E-state index in [2.05, 4.69) is 32.3 Å². The predicted molar refractivity (Wildman–Crippen MR) is 94.1 cm³/mol. The maximum atomic E-state index is 5.27. The van der Waals surface area contributed by atoms with Crippen molar-refractivity contribution in [1.82, 2.24) is 20.1 Å². The predicted octanol–water partition coefficient (Wildman–Crippen LogP) is 3.20. The molecule has 3 rings (SSSR count). The molecular weight excluding hydrogens is 318 g/mol. The van der Waals surface area contributed by atoms with Crippen LogP contribution in [0.2, 0.25) is 0 Å². The molecule has 3 heterocycles. The van der Waals surface area contributed by atoms with Gasteiger partial charge >= 0.3 is 0 Å². The van der Waals surface area contributed by atoms with Crippen LogP contribution in [-0.4, -0.2) is 33.8 Å². The summed E-state index contributed by atoms with van der Waals surface area (Å²) in [6.07, 6.45) is 4.13. The average molecular weight is 339 g/mol. The molecule has 1 atom stereocenters. The van der Waals surface area contributed by atoms with E-state index in [-0.39, 0.29) is 6.04 Å². The highest BCUT2D eigenvalue weighted by Gasteiger charge is 2.12. The van der Waals surface area contributed by atoms with E-state index in [0.29, 0.717) is 24.7 Å². The van der Waals surface area contributed by atoms with Crippen LogP contribution in [0.5, 0.6) is 0 Å². The van der Waals surface area contributed by atoms with Gasteiger partial charge in [-0.3, -0.25) is 4.98 Å². The summed E-state index contributed by atoms with van der Waals surface area (Å²) in [5.41, 5.74) is 2.94. The lowest BCUT2D eigenvalue weighted by Crippen LogP contribution is -2.10. The molecule has 0 radical (unpaired) electrons. The highest BCUT2D eigenvalue weighted by atomic mass is 16.5. The van der Waals surface area contributed by atoms with Crippen LogP contribution >= 0.6 is 0 Å². The molecule has 1 N–H and O–H groups in total. The molecule has 1 unspecified atom stereocenters. The van der Waals surface area contributed by atoms with Crippen molar-refractivity contribution in [2.75, 3.05) is 19.0 Å². The van der Waals surface area contributed by atoms with Crippen molar-refractivity contribution >= 4 is 5.82 Å². The van der Waals surface area contributed by atoms with E-state index in [1.165, 1.54) is 0 Å². The quantitative estimate of drug-likeness (QED) is 0.707. The second-order valence-electron chi connectivity index (χ2n) is 5.76. The minimum absolute atomic E-state index is 0.0589. The second kappa shape index (κ2) is 7.85. The second-order valence-corrected chi connectivity index (χ2v) is 5.76. The van der Waals surface area contributed by atoms with Gasteiger partial charge in [-0.25, -0.2) is 4.98 Å². The van der Waals surface area contributed by atoms with Crippen LogP contribution in [0.1, 0.15) is 30.0 Å². The number of nitrogens with one attached hydrogen (secondary N) is 1. The third kappa shape index (κ3) is 4.19. The molecule has 0 aliphatic heterocycles. The molecule has 0 bridgehead atoms. The van der Waals surface area contributed by atoms with Gasteiger partial charge in [0.2, 0.25) is 0 Å². The number of aryl methyl sites for hydroxylation is 1. The number of anilines is 1. The van der Waals surface area contributed by atoms with Crippen molar-refractivity contribution in [2.24, 2.45) is 0 Å². The van der Waals surface area contributed by atoms with E-state index < -0.39 is 0 Å².